The Morgan fingerprint density at radius 3 is 2.65 bits per heavy atom. The van der Waals surface area contributed by atoms with Crippen molar-refractivity contribution in [2.24, 2.45) is 0 Å². The highest BCUT2D eigenvalue weighted by Crippen LogP contribution is 2.27. The fourth-order valence-corrected chi connectivity index (χ4v) is 2.87. The van der Waals surface area contributed by atoms with Gasteiger partial charge in [-0.15, -0.1) is 0 Å². The van der Waals surface area contributed by atoms with Crippen LogP contribution in [-0.4, -0.2) is 33.5 Å². The van der Waals surface area contributed by atoms with Gasteiger partial charge in [-0.2, -0.15) is 4.98 Å². The van der Waals surface area contributed by atoms with Crippen LogP contribution in [0.4, 0.5) is 15.8 Å². The highest BCUT2D eigenvalue weighted by molar-refractivity contribution is 9.10. The summed E-state index contributed by atoms with van der Waals surface area (Å²) in [6.45, 7) is -0.535. The van der Waals surface area contributed by atoms with Crippen molar-refractivity contribution in [2.45, 2.75) is 12.8 Å². The van der Waals surface area contributed by atoms with E-state index in [4.69, 9.17) is 9.26 Å². The van der Waals surface area contributed by atoms with E-state index in [1.54, 1.807) is 0 Å². The number of hydrogen-bond acceptors (Lipinski definition) is 8. The van der Waals surface area contributed by atoms with Crippen molar-refractivity contribution >= 4 is 39.2 Å². The number of aryl methyl sites for hydroxylation is 1. The van der Waals surface area contributed by atoms with Crippen LogP contribution >= 0.6 is 15.9 Å². The maximum Gasteiger partial charge on any atom is 0.306 e. The van der Waals surface area contributed by atoms with Gasteiger partial charge in [0.2, 0.25) is 11.7 Å². The second-order valence-corrected chi connectivity index (χ2v) is 7.00. The second-order valence-electron chi connectivity index (χ2n) is 6.15. The van der Waals surface area contributed by atoms with Crippen molar-refractivity contribution in [3.63, 3.8) is 0 Å². The smallest absolute Gasteiger partial charge is 0.306 e. The minimum Gasteiger partial charge on any atom is -0.456 e. The maximum absolute atomic E-state index is 13.0. The molecule has 0 radical (unpaired) electrons. The number of rotatable bonds is 8. The first-order valence-corrected chi connectivity index (χ1v) is 9.59. The van der Waals surface area contributed by atoms with Crippen LogP contribution in [0, 0.1) is 15.9 Å². The first kappa shape index (κ1) is 22.0. The van der Waals surface area contributed by atoms with Gasteiger partial charge in [-0.05, 0) is 46.3 Å². The average Bonchev–Trinajstić information content (AvgIpc) is 3.21. The minimum atomic E-state index is -0.653. The summed E-state index contributed by atoms with van der Waals surface area (Å²) >= 11 is 3.13. The van der Waals surface area contributed by atoms with Crippen LogP contribution in [0.1, 0.15) is 12.3 Å². The largest absolute Gasteiger partial charge is 0.456 e. The second kappa shape index (κ2) is 9.89. The molecule has 0 fully saturated rings. The molecule has 0 unspecified atom stereocenters. The SMILES string of the molecule is O=C(COC(=O)CCc1nc(-c2ccc(F)cc2)no1)Nc1ccc([N+](=O)[O-])cc1Br. The predicted molar refractivity (Wildman–Crippen MR) is 108 cm³/mol. The summed E-state index contributed by atoms with van der Waals surface area (Å²) in [5, 5.41) is 17.0. The first-order chi connectivity index (χ1) is 14.8. The van der Waals surface area contributed by atoms with Crippen LogP contribution in [0.3, 0.4) is 0 Å². The summed E-state index contributed by atoms with van der Waals surface area (Å²) in [6.07, 6.45) is 0.00209. The van der Waals surface area contributed by atoms with E-state index in [0.717, 1.165) is 0 Å². The number of nitrogens with zero attached hydrogens (tertiary/aromatic N) is 3. The zero-order valence-electron chi connectivity index (χ0n) is 15.7. The third-order valence-corrected chi connectivity index (χ3v) is 4.57. The molecule has 160 valence electrons. The number of ether oxygens (including phenoxy) is 1. The number of anilines is 1. The summed E-state index contributed by atoms with van der Waals surface area (Å²) < 4.78 is 23.2. The molecule has 0 aliphatic rings. The maximum atomic E-state index is 13.0. The molecule has 0 saturated heterocycles. The number of esters is 1. The Labute approximate surface area is 182 Å². The van der Waals surface area contributed by atoms with E-state index in [2.05, 4.69) is 31.4 Å². The molecule has 12 heteroatoms. The van der Waals surface area contributed by atoms with Gasteiger partial charge in [-0.1, -0.05) is 5.16 Å². The zero-order valence-corrected chi connectivity index (χ0v) is 17.3. The Balaban J connectivity index is 1.44. The van der Waals surface area contributed by atoms with Crippen LogP contribution in [0.5, 0.6) is 0 Å². The van der Waals surface area contributed by atoms with Crippen molar-refractivity contribution in [3.8, 4) is 11.4 Å². The molecule has 0 saturated carbocycles. The number of amides is 1. The summed E-state index contributed by atoms with van der Waals surface area (Å²) in [6, 6.07) is 9.37. The molecule has 1 amide bonds. The Morgan fingerprint density at radius 1 is 1.23 bits per heavy atom. The average molecular weight is 493 g/mol. The Kier molecular flexibility index (Phi) is 7.03. The van der Waals surface area contributed by atoms with Gasteiger partial charge in [-0.25, -0.2) is 4.39 Å². The topological polar surface area (TPSA) is 137 Å². The van der Waals surface area contributed by atoms with Crippen LogP contribution in [0.25, 0.3) is 11.4 Å². The number of carbonyl (C=O) groups excluding carboxylic acids is 2. The van der Waals surface area contributed by atoms with Crippen molar-refractivity contribution in [1.29, 1.82) is 0 Å². The molecule has 0 atom stereocenters. The molecule has 0 aliphatic heterocycles. The van der Waals surface area contributed by atoms with Gasteiger partial charge < -0.3 is 14.6 Å². The van der Waals surface area contributed by atoms with Gasteiger partial charge in [0.05, 0.1) is 17.0 Å². The number of non-ortho nitro benzene ring substituents is 1. The van der Waals surface area contributed by atoms with E-state index in [-0.39, 0.29) is 36.1 Å². The highest BCUT2D eigenvalue weighted by Gasteiger charge is 2.14. The fraction of sp³-hybridized carbons (Fsp3) is 0.158. The molecule has 1 aromatic heterocycles. The van der Waals surface area contributed by atoms with Crippen LogP contribution in [0.2, 0.25) is 0 Å². The van der Waals surface area contributed by atoms with Gasteiger partial charge >= 0.3 is 5.97 Å². The number of carbonyl (C=O) groups is 2. The molecule has 0 bridgehead atoms. The minimum absolute atomic E-state index is 0.0977. The first-order valence-electron chi connectivity index (χ1n) is 8.80. The number of aromatic nitrogens is 2. The Morgan fingerprint density at radius 2 is 1.97 bits per heavy atom. The van der Waals surface area contributed by atoms with Gasteiger partial charge in [0.15, 0.2) is 6.61 Å². The summed E-state index contributed by atoms with van der Waals surface area (Å²) in [5.74, 6) is -1.20. The van der Waals surface area contributed by atoms with E-state index in [1.807, 2.05) is 0 Å². The molecule has 1 heterocycles. The molecule has 0 aliphatic carbocycles. The van der Waals surface area contributed by atoms with Gasteiger partial charge in [0.25, 0.3) is 11.6 Å². The standard InChI is InChI=1S/C19H14BrFN4O6/c20-14-9-13(25(28)29)5-6-15(14)22-16(26)10-30-18(27)8-7-17-23-19(24-31-17)11-1-3-12(21)4-2-11/h1-6,9H,7-8,10H2,(H,22,26). The lowest BCUT2D eigenvalue weighted by Crippen LogP contribution is -2.21. The lowest BCUT2D eigenvalue weighted by Gasteiger charge is -2.08. The normalized spacial score (nSPS) is 10.5. The lowest BCUT2D eigenvalue weighted by molar-refractivity contribution is -0.384. The van der Waals surface area contributed by atoms with E-state index in [1.165, 1.54) is 42.5 Å². The summed E-state index contributed by atoms with van der Waals surface area (Å²) in [7, 11) is 0. The van der Waals surface area contributed by atoms with Crippen molar-refractivity contribution in [1.82, 2.24) is 10.1 Å². The van der Waals surface area contributed by atoms with Crippen molar-refractivity contribution in [3.05, 3.63) is 68.8 Å². The number of nitrogens with one attached hydrogen (secondary N) is 1. The van der Waals surface area contributed by atoms with Crippen LogP contribution in [-0.2, 0) is 20.7 Å². The van der Waals surface area contributed by atoms with Gasteiger partial charge in [0, 0.05) is 28.6 Å². The van der Waals surface area contributed by atoms with Gasteiger partial charge in [0.1, 0.15) is 5.82 Å². The molecular formula is C19H14BrFN4O6. The van der Waals surface area contributed by atoms with E-state index >= 15 is 0 Å². The van der Waals surface area contributed by atoms with E-state index in [0.29, 0.717) is 15.7 Å². The number of nitro groups is 1. The number of nitro benzene ring substituents is 1. The summed E-state index contributed by atoms with van der Waals surface area (Å²) in [5.41, 5.74) is 0.721. The highest BCUT2D eigenvalue weighted by atomic mass is 79.9. The van der Waals surface area contributed by atoms with Crippen LogP contribution < -0.4 is 5.32 Å². The number of benzene rings is 2. The van der Waals surface area contributed by atoms with Crippen LogP contribution in [0.15, 0.2) is 51.5 Å². The molecule has 3 aromatic rings. The Hall–Kier alpha value is -3.67. The summed E-state index contributed by atoms with van der Waals surface area (Å²) in [4.78, 5) is 38.1. The molecule has 3 rings (SSSR count). The third-order valence-electron chi connectivity index (χ3n) is 3.92. The quantitative estimate of drug-likeness (QED) is 0.285. The molecule has 2 aromatic carbocycles. The monoisotopic (exact) mass is 492 g/mol. The zero-order chi connectivity index (χ0) is 22.4. The molecule has 0 spiro atoms. The molecule has 31 heavy (non-hydrogen) atoms. The molecule has 1 N–H and O–H groups in total. The third kappa shape index (κ3) is 6.15. The molecular weight excluding hydrogens is 479 g/mol. The fourth-order valence-electron chi connectivity index (χ4n) is 2.41. The number of halogens is 2. The van der Waals surface area contributed by atoms with E-state index in [9.17, 15) is 24.1 Å². The van der Waals surface area contributed by atoms with E-state index < -0.39 is 23.4 Å². The predicted octanol–water partition coefficient (Wildman–Crippen LogP) is 3.66. The molecule has 10 nitrogen and oxygen atoms in total. The number of hydrogen-bond donors (Lipinski definition) is 1. The van der Waals surface area contributed by atoms with Gasteiger partial charge in [-0.3, -0.25) is 19.7 Å². The van der Waals surface area contributed by atoms with Crippen molar-refractivity contribution in [2.75, 3.05) is 11.9 Å². The van der Waals surface area contributed by atoms with Crippen molar-refractivity contribution < 1.29 is 28.2 Å². The Bertz CT molecular complexity index is 1120. The lowest BCUT2D eigenvalue weighted by atomic mass is 10.2.